The predicted octanol–water partition coefficient (Wildman–Crippen LogP) is 1.67. The van der Waals surface area contributed by atoms with E-state index in [1.165, 1.54) is 0 Å². The highest BCUT2D eigenvalue weighted by Crippen LogP contribution is 2.27. The van der Waals surface area contributed by atoms with Crippen LogP contribution in [0, 0.1) is 11.6 Å². The molecule has 2 amide bonds. The van der Waals surface area contributed by atoms with Crippen LogP contribution in [0.3, 0.4) is 0 Å². The van der Waals surface area contributed by atoms with Gasteiger partial charge in [-0.05, 0) is 17.7 Å². The maximum atomic E-state index is 13.2. The molecule has 2 rings (SSSR count). The molecule has 8 heteroatoms. The molecular formula is C13H12F4N2O2. The zero-order chi connectivity index (χ0) is 15.8. The molecule has 1 aromatic rings. The summed E-state index contributed by atoms with van der Waals surface area (Å²) in [5.41, 5.74) is 0.0584. The summed E-state index contributed by atoms with van der Waals surface area (Å²) in [5, 5.41) is 4.42. The molecule has 0 saturated carbocycles. The van der Waals surface area contributed by atoms with E-state index in [-0.39, 0.29) is 12.0 Å². The summed E-state index contributed by atoms with van der Waals surface area (Å²) in [4.78, 5) is 22.7. The van der Waals surface area contributed by atoms with Crippen LogP contribution in [0.15, 0.2) is 18.2 Å². The number of carbonyl (C=O) groups excluding carboxylic acids is 2. The largest absolute Gasteiger partial charge is 0.347 e. The smallest absolute Gasteiger partial charge is 0.321 e. The third-order valence-electron chi connectivity index (χ3n) is 3.08. The second-order valence-electron chi connectivity index (χ2n) is 4.92. The van der Waals surface area contributed by atoms with Crippen molar-refractivity contribution in [2.75, 3.05) is 0 Å². The maximum Gasteiger partial charge on any atom is 0.321 e. The van der Waals surface area contributed by atoms with E-state index in [0.29, 0.717) is 13.0 Å². The monoisotopic (exact) mass is 304 g/mol. The molecule has 1 aromatic carbocycles. The molecule has 0 radical (unpaired) electrons. The molecule has 1 aliphatic rings. The molecule has 1 aliphatic heterocycles. The molecule has 114 valence electrons. The molecule has 2 N–H and O–H groups in total. The van der Waals surface area contributed by atoms with Gasteiger partial charge in [-0.1, -0.05) is 0 Å². The van der Waals surface area contributed by atoms with E-state index in [1.807, 2.05) is 5.32 Å². The first kappa shape index (κ1) is 15.3. The zero-order valence-electron chi connectivity index (χ0n) is 10.9. The average Bonchev–Trinajstić information content (AvgIpc) is 2.67. The summed E-state index contributed by atoms with van der Waals surface area (Å²) in [6.45, 7) is 0.420. The van der Waals surface area contributed by atoms with Crippen molar-refractivity contribution in [3.8, 4) is 0 Å². The number of alkyl halides is 2. The molecule has 1 heterocycles. The molecule has 4 nitrogen and oxygen atoms in total. The van der Waals surface area contributed by atoms with E-state index < -0.39 is 41.5 Å². The Morgan fingerprint density at radius 1 is 1.29 bits per heavy atom. The Bertz CT molecular complexity index is 566. The van der Waals surface area contributed by atoms with Gasteiger partial charge in [0, 0.05) is 19.4 Å². The second kappa shape index (κ2) is 5.34. The molecule has 0 aliphatic carbocycles. The van der Waals surface area contributed by atoms with Crippen molar-refractivity contribution < 1.29 is 27.2 Å². The van der Waals surface area contributed by atoms with Crippen LogP contribution in [0.2, 0.25) is 0 Å². The van der Waals surface area contributed by atoms with E-state index in [4.69, 9.17) is 0 Å². The van der Waals surface area contributed by atoms with Gasteiger partial charge in [-0.15, -0.1) is 0 Å². The molecule has 0 bridgehead atoms. The van der Waals surface area contributed by atoms with Crippen LogP contribution in [0.4, 0.5) is 17.6 Å². The van der Waals surface area contributed by atoms with Crippen molar-refractivity contribution in [1.82, 2.24) is 10.6 Å². The molecule has 0 spiro atoms. The third-order valence-corrected chi connectivity index (χ3v) is 3.08. The van der Waals surface area contributed by atoms with Crippen LogP contribution in [0.1, 0.15) is 24.9 Å². The average molecular weight is 304 g/mol. The van der Waals surface area contributed by atoms with E-state index in [1.54, 1.807) is 0 Å². The van der Waals surface area contributed by atoms with Crippen LogP contribution in [0.25, 0.3) is 0 Å². The number of hydrogen-bond donors (Lipinski definition) is 2. The number of amides is 2. The van der Waals surface area contributed by atoms with E-state index in [2.05, 4.69) is 5.32 Å². The number of carbonyl (C=O) groups is 2. The van der Waals surface area contributed by atoms with Gasteiger partial charge in [0.25, 0.3) is 5.91 Å². The summed E-state index contributed by atoms with van der Waals surface area (Å²) in [5.74, 6) is -7.39. The lowest BCUT2D eigenvalue weighted by Gasteiger charge is -2.22. The summed E-state index contributed by atoms with van der Waals surface area (Å²) >= 11 is 0. The highest BCUT2D eigenvalue weighted by Gasteiger charge is 2.40. The fraction of sp³-hybridized carbons (Fsp3) is 0.385. The van der Waals surface area contributed by atoms with Gasteiger partial charge in [-0.2, -0.15) is 8.78 Å². The van der Waals surface area contributed by atoms with Gasteiger partial charge in [-0.25, -0.2) is 8.78 Å². The van der Waals surface area contributed by atoms with Gasteiger partial charge in [0.1, 0.15) is 11.6 Å². The minimum Gasteiger partial charge on any atom is -0.347 e. The number of halogens is 4. The Balaban J connectivity index is 2.24. The quantitative estimate of drug-likeness (QED) is 0.835. The highest BCUT2D eigenvalue weighted by molar-refractivity contribution is 5.86. The number of nitrogens with one attached hydrogen (secondary N) is 2. The van der Waals surface area contributed by atoms with Crippen molar-refractivity contribution in [2.45, 2.75) is 31.4 Å². The van der Waals surface area contributed by atoms with Gasteiger partial charge in [0.2, 0.25) is 5.91 Å². The SMILES string of the molecule is CC(F)(F)C(=O)N[C@H]1CC(=O)N[C@@H]1c1cc(F)cc(F)c1. The number of benzene rings is 1. The van der Waals surface area contributed by atoms with Crippen molar-refractivity contribution in [3.05, 3.63) is 35.4 Å². The van der Waals surface area contributed by atoms with Gasteiger partial charge < -0.3 is 10.6 Å². The summed E-state index contributed by atoms with van der Waals surface area (Å²) < 4.78 is 52.2. The molecular weight excluding hydrogens is 292 g/mol. The fourth-order valence-corrected chi connectivity index (χ4v) is 2.15. The Morgan fingerprint density at radius 2 is 1.86 bits per heavy atom. The minimum atomic E-state index is -3.61. The summed E-state index contributed by atoms with van der Waals surface area (Å²) in [7, 11) is 0. The van der Waals surface area contributed by atoms with Crippen LogP contribution in [-0.2, 0) is 9.59 Å². The standard InChI is InChI=1S/C13H12F4N2O2/c1-13(16,17)12(21)18-9-5-10(20)19-11(9)6-2-7(14)4-8(15)3-6/h2-4,9,11H,5H2,1H3,(H,18,21)(H,19,20)/t9-,11+/m0/s1. The molecule has 2 atom stereocenters. The maximum absolute atomic E-state index is 13.2. The van der Waals surface area contributed by atoms with Crippen LogP contribution < -0.4 is 10.6 Å². The number of hydrogen-bond acceptors (Lipinski definition) is 2. The Labute approximate surface area is 117 Å². The summed E-state index contributed by atoms with van der Waals surface area (Å²) in [6.07, 6.45) is -0.245. The van der Waals surface area contributed by atoms with Gasteiger partial charge >= 0.3 is 5.92 Å². The number of rotatable bonds is 3. The molecule has 1 saturated heterocycles. The van der Waals surface area contributed by atoms with Crippen LogP contribution >= 0.6 is 0 Å². The summed E-state index contributed by atoms with van der Waals surface area (Å²) in [6, 6.07) is 0.630. The minimum absolute atomic E-state index is 0.0584. The first-order valence-electron chi connectivity index (χ1n) is 6.11. The lowest BCUT2D eigenvalue weighted by Crippen LogP contribution is -2.45. The van der Waals surface area contributed by atoms with Crippen LogP contribution in [-0.4, -0.2) is 23.8 Å². The second-order valence-corrected chi connectivity index (χ2v) is 4.92. The topological polar surface area (TPSA) is 58.2 Å². The first-order valence-corrected chi connectivity index (χ1v) is 6.11. The predicted molar refractivity (Wildman–Crippen MR) is 64.4 cm³/mol. The highest BCUT2D eigenvalue weighted by atomic mass is 19.3. The van der Waals surface area contributed by atoms with Crippen molar-refractivity contribution in [1.29, 1.82) is 0 Å². The molecule has 1 fully saturated rings. The Hall–Kier alpha value is -2.12. The normalized spacial score (nSPS) is 22.0. The van der Waals surface area contributed by atoms with Crippen molar-refractivity contribution in [2.24, 2.45) is 0 Å². The van der Waals surface area contributed by atoms with Gasteiger partial charge in [0.15, 0.2) is 0 Å². The van der Waals surface area contributed by atoms with E-state index >= 15 is 0 Å². The van der Waals surface area contributed by atoms with Crippen LogP contribution in [0.5, 0.6) is 0 Å². The van der Waals surface area contributed by atoms with Crippen molar-refractivity contribution >= 4 is 11.8 Å². The molecule has 21 heavy (non-hydrogen) atoms. The Kier molecular flexibility index (Phi) is 3.89. The first-order chi connectivity index (χ1) is 9.66. The fourth-order valence-electron chi connectivity index (χ4n) is 2.15. The van der Waals surface area contributed by atoms with Gasteiger partial charge in [-0.3, -0.25) is 9.59 Å². The van der Waals surface area contributed by atoms with E-state index in [0.717, 1.165) is 12.1 Å². The zero-order valence-corrected chi connectivity index (χ0v) is 10.9. The molecule has 0 unspecified atom stereocenters. The lowest BCUT2D eigenvalue weighted by atomic mass is 10.00. The lowest BCUT2D eigenvalue weighted by molar-refractivity contribution is -0.143. The Morgan fingerprint density at radius 3 is 2.38 bits per heavy atom. The van der Waals surface area contributed by atoms with E-state index in [9.17, 15) is 27.2 Å². The van der Waals surface area contributed by atoms with Gasteiger partial charge in [0.05, 0.1) is 12.1 Å². The van der Waals surface area contributed by atoms with Crippen molar-refractivity contribution in [3.63, 3.8) is 0 Å². The third kappa shape index (κ3) is 3.50. The molecule has 0 aromatic heterocycles.